The minimum Gasteiger partial charge on any atom is -0.350 e. The molecule has 1 aliphatic rings. The first kappa shape index (κ1) is 16.7. The number of aromatic nitrogens is 1. The van der Waals surface area contributed by atoms with Gasteiger partial charge in [-0.05, 0) is 42.0 Å². The lowest BCUT2D eigenvalue weighted by atomic mass is 10.1. The number of aryl methyl sites for hydroxylation is 2. The highest BCUT2D eigenvalue weighted by Crippen LogP contribution is 2.31. The molecule has 5 heteroatoms. The second-order valence-corrected chi connectivity index (χ2v) is 7.21. The molecule has 2 aromatic carbocycles. The first-order chi connectivity index (χ1) is 12.7. The highest BCUT2D eigenvalue weighted by atomic mass is 32.2. The third-order valence-electron chi connectivity index (χ3n) is 4.46. The molecule has 0 radical (unpaired) electrons. The molecule has 26 heavy (non-hydrogen) atoms. The maximum Gasteiger partial charge on any atom is 0.264 e. The molecule has 1 aromatic heterocycles. The van der Waals surface area contributed by atoms with Gasteiger partial charge >= 0.3 is 0 Å². The van der Waals surface area contributed by atoms with Crippen LogP contribution in [-0.4, -0.2) is 15.6 Å². The Hall–Kier alpha value is -2.79. The Morgan fingerprint density at radius 2 is 1.92 bits per heavy atom. The molecule has 4 rings (SSSR count). The van der Waals surface area contributed by atoms with Crippen LogP contribution < -0.4 is 5.32 Å². The molecule has 1 fully saturated rings. The van der Waals surface area contributed by atoms with Gasteiger partial charge in [0.15, 0.2) is 5.17 Å². The van der Waals surface area contributed by atoms with Crippen molar-refractivity contribution < 1.29 is 4.79 Å². The van der Waals surface area contributed by atoms with Crippen molar-refractivity contribution in [3.8, 4) is 0 Å². The summed E-state index contributed by atoms with van der Waals surface area (Å²) in [6.45, 7) is 2.10. The van der Waals surface area contributed by atoms with Gasteiger partial charge in [0, 0.05) is 29.7 Å². The third kappa shape index (κ3) is 3.06. The number of amidine groups is 1. The van der Waals surface area contributed by atoms with Gasteiger partial charge in [-0.3, -0.25) is 4.79 Å². The van der Waals surface area contributed by atoms with Crippen LogP contribution in [0.25, 0.3) is 17.0 Å². The number of nitrogens with one attached hydrogen (secondary N) is 1. The van der Waals surface area contributed by atoms with E-state index < -0.39 is 0 Å². The quantitative estimate of drug-likeness (QED) is 0.691. The molecule has 4 nitrogen and oxygen atoms in total. The van der Waals surface area contributed by atoms with Gasteiger partial charge < -0.3 is 9.88 Å². The topological polar surface area (TPSA) is 46.4 Å². The number of fused-ring (bicyclic) bond motifs is 1. The van der Waals surface area contributed by atoms with Crippen molar-refractivity contribution >= 4 is 45.5 Å². The van der Waals surface area contributed by atoms with Gasteiger partial charge in [-0.1, -0.05) is 43.3 Å². The molecule has 0 saturated carbocycles. The highest BCUT2D eigenvalue weighted by Gasteiger charge is 2.24. The fraction of sp³-hybridized carbons (Fsp3) is 0.143. The minimum atomic E-state index is -0.101. The Morgan fingerprint density at radius 3 is 2.77 bits per heavy atom. The van der Waals surface area contributed by atoms with Crippen LogP contribution in [0.4, 0.5) is 5.69 Å². The van der Waals surface area contributed by atoms with Crippen LogP contribution in [0.15, 0.2) is 64.6 Å². The number of para-hydroxylation sites is 2. The molecule has 1 amide bonds. The highest BCUT2D eigenvalue weighted by molar-refractivity contribution is 8.18. The Kier molecular flexibility index (Phi) is 4.39. The molecular formula is C21H19N3OS. The van der Waals surface area contributed by atoms with Gasteiger partial charge in [0.1, 0.15) is 0 Å². The molecule has 0 unspecified atom stereocenters. The predicted molar refractivity (Wildman–Crippen MR) is 110 cm³/mol. The summed E-state index contributed by atoms with van der Waals surface area (Å²) < 4.78 is 2.08. The van der Waals surface area contributed by atoms with E-state index in [9.17, 15) is 4.79 Å². The van der Waals surface area contributed by atoms with E-state index >= 15 is 0 Å². The van der Waals surface area contributed by atoms with Gasteiger partial charge in [-0.25, -0.2) is 4.99 Å². The number of benzene rings is 2. The molecule has 130 valence electrons. The zero-order valence-corrected chi connectivity index (χ0v) is 15.5. The summed E-state index contributed by atoms with van der Waals surface area (Å²) in [5.74, 6) is -0.101. The van der Waals surface area contributed by atoms with Crippen LogP contribution in [0.3, 0.4) is 0 Å². The number of hydrogen-bond donors (Lipinski definition) is 1. The second-order valence-electron chi connectivity index (χ2n) is 6.18. The van der Waals surface area contributed by atoms with E-state index in [1.807, 2.05) is 49.7 Å². The van der Waals surface area contributed by atoms with Gasteiger partial charge in [0.05, 0.1) is 10.6 Å². The van der Waals surface area contributed by atoms with E-state index in [1.165, 1.54) is 17.3 Å². The monoisotopic (exact) mass is 361 g/mol. The third-order valence-corrected chi connectivity index (χ3v) is 5.37. The SMILES string of the molecule is CCc1ccccc1N=C1NC(=O)/C(=C\c2cn(C)c3ccccc23)S1. The van der Waals surface area contributed by atoms with Crippen molar-refractivity contribution in [1.29, 1.82) is 0 Å². The molecule has 0 bridgehead atoms. The fourth-order valence-corrected chi connectivity index (χ4v) is 3.96. The average Bonchev–Trinajstić information content (AvgIpc) is 3.16. The summed E-state index contributed by atoms with van der Waals surface area (Å²) in [5.41, 5.74) is 4.26. The molecule has 0 spiro atoms. The van der Waals surface area contributed by atoms with E-state index in [2.05, 4.69) is 40.0 Å². The summed E-state index contributed by atoms with van der Waals surface area (Å²) in [6, 6.07) is 16.2. The van der Waals surface area contributed by atoms with Gasteiger partial charge in [-0.2, -0.15) is 0 Å². The number of aliphatic imine (C=N–C) groups is 1. The molecule has 2 heterocycles. The number of hydrogen-bond acceptors (Lipinski definition) is 3. The largest absolute Gasteiger partial charge is 0.350 e. The lowest BCUT2D eigenvalue weighted by Gasteiger charge is -2.02. The summed E-state index contributed by atoms with van der Waals surface area (Å²) in [6.07, 6.45) is 4.90. The molecule has 3 aromatic rings. The second kappa shape index (κ2) is 6.84. The van der Waals surface area contributed by atoms with E-state index in [1.54, 1.807) is 0 Å². The van der Waals surface area contributed by atoms with Crippen molar-refractivity contribution in [2.45, 2.75) is 13.3 Å². The predicted octanol–water partition coefficient (Wildman–Crippen LogP) is 4.63. The van der Waals surface area contributed by atoms with E-state index in [4.69, 9.17) is 0 Å². The first-order valence-electron chi connectivity index (χ1n) is 8.57. The fourth-order valence-electron chi connectivity index (χ4n) is 3.14. The van der Waals surface area contributed by atoms with Crippen LogP contribution in [0, 0.1) is 0 Å². The molecule has 0 atom stereocenters. The molecule has 1 N–H and O–H groups in total. The van der Waals surface area contributed by atoms with Gasteiger partial charge in [0.25, 0.3) is 5.91 Å². The summed E-state index contributed by atoms with van der Waals surface area (Å²) in [5, 5.41) is 4.64. The Labute approximate surface area is 156 Å². The number of amides is 1. The maximum atomic E-state index is 12.4. The van der Waals surface area contributed by atoms with Crippen LogP contribution >= 0.6 is 11.8 Å². The summed E-state index contributed by atoms with van der Waals surface area (Å²) in [7, 11) is 2.01. The Morgan fingerprint density at radius 1 is 1.15 bits per heavy atom. The number of thioether (sulfide) groups is 1. The summed E-state index contributed by atoms with van der Waals surface area (Å²) >= 11 is 1.39. The summed E-state index contributed by atoms with van der Waals surface area (Å²) in [4.78, 5) is 17.7. The smallest absolute Gasteiger partial charge is 0.264 e. The number of rotatable bonds is 3. The van der Waals surface area contributed by atoms with Crippen LogP contribution in [0.2, 0.25) is 0 Å². The van der Waals surface area contributed by atoms with E-state index in [-0.39, 0.29) is 5.91 Å². The molecule has 0 aliphatic carbocycles. The lowest BCUT2D eigenvalue weighted by molar-refractivity contribution is -0.115. The lowest BCUT2D eigenvalue weighted by Crippen LogP contribution is -2.19. The van der Waals surface area contributed by atoms with Crippen molar-refractivity contribution in [3.63, 3.8) is 0 Å². The standard InChI is InChI=1S/C21H19N3OS/c1-3-14-8-4-6-10-17(14)22-21-23-20(25)19(26-21)12-15-13-24(2)18-11-7-5-9-16(15)18/h4-13H,3H2,1-2H3,(H,22,23,25)/b19-12+. The van der Waals surface area contributed by atoms with Gasteiger partial charge in [0.2, 0.25) is 0 Å². The molecular weight excluding hydrogens is 342 g/mol. The number of nitrogens with zero attached hydrogens (tertiary/aromatic N) is 2. The normalized spacial score (nSPS) is 17.4. The Balaban J connectivity index is 1.68. The van der Waals surface area contributed by atoms with Crippen LogP contribution in [-0.2, 0) is 18.3 Å². The molecule has 1 aliphatic heterocycles. The van der Waals surface area contributed by atoms with Crippen molar-refractivity contribution in [1.82, 2.24) is 9.88 Å². The van der Waals surface area contributed by atoms with E-state index in [0.29, 0.717) is 10.1 Å². The number of carbonyl (C=O) groups excluding carboxylic acids is 1. The number of carbonyl (C=O) groups is 1. The van der Waals surface area contributed by atoms with Crippen molar-refractivity contribution in [2.24, 2.45) is 12.0 Å². The van der Waals surface area contributed by atoms with E-state index in [0.717, 1.165) is 28.6 Å². The maximum absolute atomic E-state index is 12.4. The molecule has 1 saturated heterocycles. The van der Waals surface area contributed by atoms with Crippen LogP contribution in [0.1, 0.15) is 18.1 Å². The Bertz CT molecular complexity index is 1060. The first-order valence-corrected chi connectivity index (χ1v) is 9.39. The zero-order chi connectivity index (χ0) is 18.1. The van der Waals surface area contributed by atoms with Crippen LogP contribution in [0.5, 0.6) is 0 Å². The van der Waals surface area contributed by atoms with Crippen molar-refractivity contribution in [3.05, 3.63) is 70.8 Å². The zero-order valence-electron chi connectivity index (χ0n) is 14.7. The van der Waals surface area contributed by atoms with Crippen molar-refractivity contribution in [2.75, 3.05) is 0 Å². The van der Waals surface area contributed by atoms with Gasteiger partial charge in [-0.15, -0.1) is 0 Å². The average molecular weight is 361 g/mol. The minimum absolute atomic E-state index is 0.101.